The molecule has 2 aromatic rings. The maximum Gasteiger partial charge on any atom is 0.151 e. The van der Waals surface area contributed by atoms with Crippen molar-refractivity contribution < 1.29 is 0 Å². The van der Waals surface area contributed by atoms with E-state index >= 15 is 0 Å². The van der Waals surface area contributed by atoms with Crippen molar-refractivity contribution in [1.29, 1.82) is 0 Å². The van der Waals surface area contributed by atoms with Crippen LogP contribution >= 0.6 is 15.9 Å². The van der Waals surface area contributed by atoms with Gasteiger partial charge in [-0.05, 0) is 27.6 Å². The molecule has 15 heavy (non-hydrogen) atoms. The Morgan fingerprint density at radius 1 is 0.933 bits per heavy atom. The lowest BCUT2D eigenvalue weighted by Gasteiger charge is -1.93. The topological polar surface area (TPSA) is 25.8 Å². The molecule has 0 saturated carbocycles. The number of aromatic nitrogens is 2. The van der Waals surface area contributed by atoms with Crippen LogP contribution in [0.4, 0.5) is 0 Å². The van der Waals surface area contributed by atoms with Crippen LogP contribution in [0.2, 0.25) is 0 Å². The molecule has 0 atom stereocenters. The minimum absolute atomic E-state index is 0.710. The van der Waals surface area contributed by atoms with Gasteiger partial charge in [0.1, 0.15) is 0 Å². The van der Waals surface area contributed by atoms with Crippen LogP contribution in [0.25, 0.3) is 12.2 Å². The Morgan fingerprint density at radius 3 is 2.27 bits per heavy atom. The second-order valence-corrected chi connectivity index (χ2v) is 3.92. The summed E-state index contributed by atoms with van der Waals surface area (Å²) in [5.74, 6) is 0.710. The third-order valence-corrected chi connectivity index (χ3v) is 2.27. The largest absolute Gasteiger partial charge is 0.236 e. The molecule has 1 aromatic carbocycles. The van der Waals surface area contributed by atoms with Gasteiger partial charge in [0, 0.05) is 12.4 Å². The van der Waals surface area contributed by atoms with Crippen molar-refractivity contribution in [2.75, 3.05) is 0 Å². The summed E-state index contributed by atoms with van der Waals surface area (Å²) in [5.41, 5.74) is 1.14. The molecular formula is C12H9BrN2. The van der Waals surface area contributed by atoms with E-state index in [-0.39, 0.29) is 0 Å². The summed E-state index contributed by atoms with van der Waals surface area (Å²) in [7, 11) is 0. The summed E-state index contributed by atoms with van der Waals surface area (Å²) in [6.45, 7) is 0. The second kappa shape index (κ2) is 4.84. The molecule has 1 heterocycles. The fourth-order valence-corrected chi connectivity index (χ4v) is 1.35. The first-order valence-corrected chi connectivity index (χ1v) is 5.34. The van der Waals surface area contributed by atoms with Gasteiger partial charge in [0.25, 0.3) is 0 Å². The third-order valence-electron chi connectivity index (χ3n) is 1.86. The molecule has 2 rings (SSSR count). The van der Waals surface area contributed by atoms with Crippen molar-refractivity contribution in [1.82, 2.24) is 9.97 Å². The molecule has 0 N–H and O–H groups in total. The van der Waals surface area contributed by atoms with E-state index in [1.165, 1.54) is 0 Å². The summed E-state index contributed by atoms with van der Waals surface area (Å²) in [6, 6.07) is 10.1. The standard InChI is InChI=1S/C12H9BrN2/c13-11-8-14-12(15-9-11)7-6-10-4-2-1-3-5-10/h1-9H/b7-6+. The Morgan fingerprint density at radius 2 is 1.60 bits per heavy atom. The zero-order valence-electron chi connectivity index (χ0n) is 7.97. The van der Waals surface area contributed by atoms with Crippen molar-refractivity contribution in [3.8, 4) is 0 Å². The third kappa shape index (κ3) is 2.99. The molecule has 0 spiro atoms. The van der Waals surface area contributed by atoms with E-state index < -0.39 is 0 Å². The van der Waals surface area contributed by atoms with Crippen molar-refractivity contribution in [3.05, 3.63) is 58.6 Å². The summed E-state index contributed by atoms with van der Waals surface area (Å²) in [6.07, 6.45) is 7.35. The van der Waals surface area contributed by atoms with Gasteiger partial charge in [0.2, 0.25) is 0 Å². The van der Waals surface area contributed by atoms with Crippen LogP contribution in [0, 0.1) is 0 Å². The highest BCUT2D eigenvalue weighted by molar-refractivity contribution is 9.10. The van der Waals surface area contributed by atoms with E-state index in [4.69, 9.17) is 0 Å². The van der Waals surface area contributed by atoms with Crippen LogP contribution < -0.4 is 0 Å². The molecule has 0 radical (unpaired) electrons. The molecular weight excluding hydrogens is 252 g/mol. The summed E-state index contributed by atoms with van der Waals surface area (Å²) in [5, 5.41) is 0. The fourth-order valence-electron chi connectivity index (χ4n) is 1.14. The van der Waals surface area contributed by atoms with Gasteiger partial charge in [-0.1, -0.05) is 36.4 Å². The first-order valence-electron chi connectivity index (χ1n) is 4.55. The maximum atomic E-state index is 4.15. The number of benzene rings is 1. The smallest absolute Gasteiger partial charge is 0.151 e. The SMILES string of the molecule is Brc1cnc(/C=C/c2ccccc2)nc1. The molecule has 1 aromatic heterocycles. The van der Waals surface area contributed by atoms with Gasteiger partial charge in [-0.25, -0.2) is 9.97 Å². The van der Waals surface area contributed by atoms with Gasteiger partial charge in [0.15, 0.2) is 5.82 Å². The Kier molecular flexibility index (Phi) is 3.25. The highest BCUT2D eigenvalue weighted by Crippen LogP contribution is 2.07. The van der Waals surface area contributed by atoms with Crippen LogP contribution in [0.15, 0.2) is 47.2 Å². The van der Waals surface area contributed by atoms with Crippen LogP contribution in [0.1, 0.15) is 11.4 Å². The van der Waals surface area contributed by atoms with E-state index in [1.54, 1.807) is 12.4 Å². The summed E-state index contributed by atoms with van der Waals surface area (Å²) in [4.78, 5) is 8.30. The van der Waals surface area contributed by atoms with Gasteiger partial charge in [-0.15, -0.1) is 0 Å². The molecule has 0 amide bonds. The van der Waals surface area contributed by atoms with E-state index in [0.29, 0.717) is 5.82 Å². The van der Waals surface area contributed by atoms with E-state index in [2.05, 4.69) is 25.9 Å². The normalized spacial score (nSPS) is 10.7. The molecule has 0 fully saturated rings. The summed E-state index contributed by atoms with van der Waals surface area (Å²) >= 11 is 3.29. The molecule has 0 unspecified atom stereocenters. The van der Waals surface area contributed by atoms with E-state index in [0.717, 1.165) is 10.0 Å². The molecule has 0 saturated heterocycles. The first-order chi connectivity index (χ1) is 7.34. The molecule has 0 aliphatic carbocycles. The lowest BCUT2D eigenvalue weighted by atomic mass is 10.2. The van der Waals surface area contributed by atoms with Crippen LogP contribution in [0.5, 0.6) is 0 Å². The van der Waals surface area contributed by atoms with Gasteiger partial charge >= 0.3 is 0 Å². The van der Waals surface area contributed by atoms with E-state index in [1.807, 2.05) is 42.5 Å². The lowest BCUT2D eigenvalue weighted by molar-refractivity contribution is 1.12. The second-order valence-electron chi connectivity index (χ2n) is 3.00. The minimum Gasteiger partial charge on any atom is -0.236 e. The predicted molar refractivity (Wildman–Crippen MR) is 65.1 cm³/mol. The van der Waals surface area contributed by atoms with Gasteiger partial charge in [0.05, 0.1) is 4.47 Å². The van der Waals surface area contributed by atoms with Gasteiger partial charge in [-0.3, -0.25) is 0 Å². The summed E-state index contributed by atoms with van der Waals surface area (Å²) < 4.78 is 0.888. The molecule has 0 aliphatic heterocycles. The highest BCUT2D eigenvalue weighted by atomic mass is 79.9. The minimum atomic E-state index is 0.710. The molecule has 0 bridgehead atoms. The van der Waals surface area contributed by atoms with Gasteiger partial charge < -0.3 is 0 Å². The Balaban J connectivity index is 2.15. The average molecular weight is 261 g/mol. The zero-order valence-corrected chi connectivity index (χ0v) is 9.55. The van der Waals surface area contributed by atoms with Crippen molar-refractivity contribution in [3.63, 3.8) is 0 Å². The molecule has 74 valence electrons. The van der Waals surface area contributed by atoms with Crippen LogP contribution in [-0.4, -0.2) is 9.97 Å². The fraction of sp³-hybridized carbons (Fsp3) is 0. The lowest BCUT2D eigenvalue weighted by Crippen LogP contribution is -1.84. The highest BCUT2D eigenvalue weighted by Gasteiger charge is 1.90. The molecule has 0 aliphatic rings. The first kappa shape index (κ1) is 10.1. The monoisotopic (exact) mass is 260 g/mol. The van der Waals surface area contributed by atoms with Crippen molar-refractivity contribution in [2.45, 2.75) is 0 Å². The quantitative estimate of drug-likeness (QED) is 0.827. The van der Waals surface area contributed by atoms with Gasteiger partial charge in [-0.2, -0.15) is 0 Å². The predicted octanol–water partition coefficient (Wildman–Crippen LogP) is 3.41. The van der Waals surface area contributed by atoms with Crippen LogP contribution in [0.3, 0.4) is 0 Å². The number of halogens is 1. The maximum absolute atomic E-state index is 4.15. The number of rotatable bonds is 2. The Hall–Kier alpha value is -1.48. The average Bonchev–Trinajstić information content (AvgIpc) is 2.30. The van der Waals surface area contributed by atoms with Crippen LogP contribution in [-0.2, 0) is 0 Å². The number of hydrogen-bond donors (Lipinski definition) is 0. The molecule has 2 nitrogen and oxygen atoms in total. The Labute approximate surface area is 96.8 Å². The van der Waals surface area contributed by atoms with Crippen molar-refractivity contribution >= 4 is 28.1 Å². The zero-order chi connectivity index (χ0) is 10.5. The Bertz CT molecular complexity index is 449. The number of hydrogen-bond acceptors (Lipinski definition) is 2. The molecule has 3 heteroatoms. The van der Waals surface area contributed by atoms with E-state index in [9.17, 15) is 0 Å². The number of nitrogens with zero attached hydrogens (tertiary/aromatic N) is 2. The van der Waals surface area contributed by atoms with Crippen molar-refractivity contribution in [2.24, 2.45) is 0 Å².